The van der Waals surface area contributed by atoms with Gasteiger partial charge in [0.2, 0.25) is 0 Å². The minimum Gasteiger partial charge on any atom is -0.413 e. The molecule has 1 heterocycles. The molecule has 1 saturated heterocycles. The van der Waals surface area contributed by atoms with Crippen LogP contribution >= 0.6 is 0 Å². The zero-order valence-corrected chi connectivity index (χ0v) is 15.6. The Morgan fingerprint density at radius 3 is 2.41 bits per heavy atom. The van der Waals surface area contributed by atoms with Crippen LogP contribution in [0.3, 0.4) is 0 Å². The summed E-state index contributed by atoms with van der Waals surface area (Å²) in [6.07, 6.45) is 0.987. The molecule has 0 N–H and O–H groups in total. The number of rotatable bonds is 5. The number of benzene rings is 1. The summed E-state index contributed by atoms with van der Waals surface area (Å²) >= 11 is 0. The smallest absolute Gasteiger partial charge is 0.192 e. The van der Waals surface area contributed by atoms with E-state index in [1.165, 1.54) is 5.56 Å². The minimum absolute atomic E-state index is 0.00465. The van der Waals surface area contributed by atoms with Crippen molar-refractivity contribution in [3.8, 4) is 0 Å². The van der Waals surface area contributed by atoms with Gasteiger partial charge in [-0.3, -0.25) is 4.90 Å². The summed E-state index contributed by atoms with van der Waals surface area (Å²) < 4.78 is 19.9. The van der Waals surface area contributed by atoms with E-state index in [-0.39, 0.29) is 23.9 Å². The van der Waals surface area contributed by atoms with Crippen LogP contribution in [0, 0.1) is 0 Å². The van der Waals surface area contributed by atoms with Gasteiger partial charge in [-0.2, -0.15) is 0 Å². The normalized spacial score (nSPS) is 23.9. The first-order valence-corrected chi connectivity index (χ1v) is 11.2. The summed E-state index contributed by atoms with van der Waals surface area (Å²) in [5, 5.41) is 0.199. The van der Waals surface area contributed by atoms with Crippen molar-refractivity contribution >= 4 is 8.32 Å². The molecule has 0 amide bonds. The van der Waals surface area contributed by atoms with E-state index < -0.39 is 8.32 Å². The number of nitrogens with zero attached hydrogens (tertiary/aromatic N) is 1. The standard InChI is InChI=1S/C18H30FNOSi/c1-18(2,3)22(4,5)21-17-11-16(12-19)20(14-17)13-15-9-7-6-8-10-15/h6-10,16-17H,11-14H2,1-5H3/t16-,17+/m0/s1. The maximum Gasteiger partial charge on any atom is 0.192 e. The van der Waals surface area contributed by atoms with Crippen LogP contribution < -0.4 is 0 Å². The van der Waals surface area contributed by atoms with E-state index >= 15 is 0 Å². The molecule has 22 heavy (non-hydrogen) atoms. The third-order valence-electron chi connectivity index (χ3n) is 5.16. The first-order chi connectivity index (χ1) is 10.2. The minimum atomic E-state index is -1.78. The van der Waals surface area contributed by atoms with Gasteiger partial charge in [0.05, 0.1) is 6.10 Å². The van der Waals surface area contributed by atoms with E-state index in [0.29, 0.717) is 0 Å². The molecular weight excluding hydrogens is 293 g/mol. The number of halogens is 1. The second kappa shape index (κ2) is 6.81. The van der Waals surface area contributed by atoms with Crippen molar-refractivity contribution in [3.63, 3.8) is 0 Å². The van der Waals surface area contributed by atoms with Crippen LogP contribution in [-0.2, 0) is 11.0 Å². The number of alkyl halides is 1. The van der Waals surface area contributed by atoms with Crippen molar-refractivity contribution in [1.29, 1.82) is 0 Å². The van der Waals surface area contributed by atoms with Gasteiger partial charge in [-0.05, 0) is 30.1 Å². The molecule has 1 fully saturated rings. The van der Waals surface area contributed by atoms with Crippen LogP contribution in [0.1, 0.15) is 32.8 Å². The predicted molar refractivity (Wildman–Crippen MR) is 93.3 cm³/mol. The van der Waals surface area contributed by atoms with E-state index in [1.807, 2.05) is 18.2 Å². The average Bonchev–Trinajstić information content (AvgIpc) is 2.79. The largest absolute Gasteiger partial charge is 0.413 e. The van der Waals surface area contributed by atoms with E-state index in [2.05, 4.69) is 50.9 Å². The summed E-state index contributed by atoms with van der Waals surface area (Å²) in [6.45, 7) is 12.7. The Labute approximate surface area is 135 Å². The monoisotopic (exact) mass is 323 g/mol. The van der Waals surface area contributed by atoms with Crippen LogP contribution in [0.4, 0.5) is 4.39 Å². The average molecular weight is 324 g/mol. The zero-order chi connectivity index (χ0) is 16.4. The lowest BCUT2D eigenvalue weighted by Gasteiger charge is -2.38. The van der Waals surface area contributed by atoms with Crippen molar-refractivity contribution in [1.82, 2.24) is 4.90 Å². The van der Waals surface area contributed by atoms with Crippen molar-refractivity contribution in [2.75, 3.05) is 13.2 Å². The van der Waals surface area contributed by atoms with Crippen LogP contribution in [0.25, 0.3) is 0 Å². The number of hydrogen-bond acceptors (Lipinski definition) is 2. The van der Waals surface area contributed by atoms with Gasteiger partial charge in [-0.1, -0.05) is 51.1 Å². The molecule has 2 atom stereocenters. The van der Waals surface area contributed by atoms with Gasteiger partial charge in [0.15, 0.2) is 8.32 Å². The van der Waals surface area contributed by atoms with Crippen molar-refractivity contribution in [2.24, 2.45) is 0 Å². The highest BCUT2D eigenvalue weighted by Crippen LogP contribution is 2.39. The summed E-state index contributed by atoms with van der Waals surface area (Å²) in [5.74, 6) is 0. The number of likely N-dealkylation sites (tertiary alicyclic amines) is 1. The molecule has 1 aliphatic rings. The quantitative estimate of drug-likeness (QED) is 0.733. The fraction of sp³-hybridized carbons (Fsp3) is 0.667. The molecule has 2 rings (SSSR count). The molecule has 4 heteroatoms. The van der Waals surface area contributed by atoms with Gasteiger partial charge in [0, 0.05) is 19.1 Å². The fourth-order valence-electron chi connectivity index (χ4n) is 2.79. The maximum absolute atomic E-state index is 13.4. The Morgan fingerprint density at radius 2 is 1.86 bits per heavy atom. The highest BCUT2D eigenvalue weighted by molar-refractivity contribution is 6.74. The third-order valence-corrected chi connectivity index (χ3v) is 9.70. The molecule has 124 valence electrons. The maximum atomic E-state index is 13.4. The molecule has 0 unspecified atom stereocenters. The molecule has 0 bridgehead atoms. The van der Waals surface area contributed by atoms with Gasteiger partial charge in [-0.15, -0.1) is 0 Å². The van der Waals surface area contributed by atoms with Gasteiger partial charge in [-0.25, -0.2) is 4.39 Å². The SMILES string of the molecule is CC(C)(C)[Si](C)(C)O[C@@H]1C[C@@H](CF)N(Cc2ccccc2)C1. The second-order valence-electron chi connectivity index (χ2n) is 7.96. The molecule has 0 aromatic heterocycles. The van der Waals surface area contributed by atoms with Crippen molar-refractivity contribution in [2.45, 2.75) is 64.0 Å². The fourth-order valence-corrected chi connectivity index (χ4v) is 4.15. The predicted octanol–water partition coefficient (Wildman–Crippen LogP) is 4.62. The lowest BCUT2D eigenvalue weighted by atomic mass is 10.2. The number of hydrogen-bond donors (Lipinski definition) is 0. The highest BCUT2D eigenvalue weighted by atomic mass is 28.4. The summed E-state index contributed by atoms with van der Waals surface area (Å²) in [7, 11) is -1.78. The molecule has 0 radical (unpaired) electrons. The van der Waals surface area contributed by atoms with Crippen molar-refractivity contribution < 1.29 is 8.82 Å². The van der Waals surface area contributed by atoms with E-state index in [4.69, 9.17) is 4.43 Å². The Kier molecular flexibility index (Phi) is 5.46. The molecule has 1 aromatic rings. The van der Waals surface area contributed by atoms with Crippen LogP contribution in [-0.4, -0.2) is 38.6 Å². The van der Waals surface area contributed by atoms with Crippen molar-refractivity contribution in [3.05, 3.63) is 35.9 Å². The first kappa shape index (κ1) is 17.6. The lowest BCUT2D eigenvalue weighted by Crippen LogP contribution is -2.44. The Bertz CT molecular complexity index is 472. The Hall–Kier alpha value is -0.713. The molecular formula is C18H30FNOSi. The van der Waals surface area contributed by atoms with Crippen LogP contribution in [0.2, 0.25) is 18.1 Å². The Balaban J connectivity index is 2.00. The van der Waals surface area contributed by atoms with E-state index in [0.717, 1.165) is 19.5 Å². The Morgan fingerprint density at radius 1 is 1.23 bits per heavy atom. The molecule has 0 aliphatic carbocycles. The highest BCUT2D eigenvalue weighted by Gasteiger charge is 2.42. The molecule has 1 aliphatic heterocycles. The summed E-state index contributed by atoms with van der Waals surface area (Å²) in [6, 6.07) is 10.3. The molecule has 1 aromatic carbocycles. The lowest BCUT2D eigenvalue weighted by molar-refractivity contribution is 0.174. The summed E-state index contributed by atoms with van der Waals surface area (Å²) in [4.78, 5) is 2.24. The molecule has 2 nitrogen and oxygen atoms in total. The van der Waals surface area contributed by atoms with Gasteiger partial charge < -0.3 is 4.43 Å². The zero-order valence-electron chi connectivity index (χ0n) is 14.6. The summed E-state index contributed by atoms with van der Waals surface area (Å²) in [5.41, 5.74) is 1.24. The van der Waals surface area contributed by atoms with Gasteiger partial charge in [0.1, 0.15) is 6.67 Å². The third kappa shape index (κ3) is 4.18. The van der Waals surface area contributed by atoms with E-state index in [1.54, 1.807) is 0 Å². The first-order valence-electron chi connectivity index (χ1n) is 8.24. The molecule has 0 saturated carbocycles. The van der Waals surface area contributed by atoms with Gasteiger partial charge in [0.25, 0.3) is 0 Å². The van der Waals surface area contributed by atoms with E-state index in [9.17, 15) is 4.39 Å². The van der Waals surface area contributed by atoms with Crippen LogP contribution in [0.15, 0.2) is 30.3 Å². The second-order valence-corrected chi connectivity index (χ2v) is 12.7. The topological polar surface area (TPSA) is 12.5 Å². The van der Waals surface area contributed by atoms with Gasteiger partial charge >= 0.3 is 0 Å². The van der Waals surface area contributed by atoms with Crippen LogP contribution in [0.5, 0.6) is 0 Å². The molecule has 0 spiro atoms.